The van der Waals surface area contributed by atoms with Gasteiger partial charge >= 0.3 is 0 Å². The Hall–Kier alpha value is -5.74. The number of hydrogen-bond donors (Lipinski definition) is 4. The highest BCUT2D eigenvalue weighted by atomic mass is 35.5. The maximum atomic E-state index is 13.7. The van der Waals surface area contributed by atoms with E-state index in [-0.39, 0.29) is 69.7 Å². The molecule has 0 radical (unpaired) electrons. The first kappa shape index (κ1) is 49.3. The minimum Gasteiger partial charge on any atom is -0.324 e. The van der Waals surface area contributed by atoms with Crippen molar-refractivity contribution in [3.05, 3.63) is 137 Å². The molecule has 4 amide bonds. The van der Waals surface area contributed by atoms with Crippen LogP contribution in [-0.4, -0.2) is 47.3 Å². The largest absolute Gasteiger partial charge is 0.324 e. The maximum absolute atomic E-state index is 13.7. The van der Waals surface area contributed by atoms with Crippen LogP contribution in [0.1, 0.15) is 59.5 Å². The van der Waals surface area contributed by atoms with Crippen molar-refractivity contribution < 1.29 is 28.8 Å². The molecule has 0 heterocycles. The van der Waals surface area contributed by atoms with E-state index >= 15 is 0 Å². The van der Waals surface area contributed by atoms with E-state index in [0.29, 0.717) is 29.7 Å². The molecule has 0 aliphatic carbocycles. The number of anilines is 4. The number of carbonyl (C=O) groups is 6. The van der Waals surface area contributed by atoms with Gasteiger partial charge in [-0.1, -0.05) is 108 Å². The molecule has 0 aliphatic heterocycles. The number of carbonyl (C=O) groups excluding carboxylic acids is 6. The number of Topliss-reactive ketones (excluding diaryl/α,β-unsaturated/α-hetero) is 2. The maximum Gasteiger partial charge on any atom is 0.258 e. The number of azo groups is 2. The van der Waals surface area contributed by atoms with Crippen LogP contribution in [0, 0.1) is 0 Å². The lowest BCUT2D eigenvalue weighted by Crippen LogP contribution is -2.33. The smallest absolute Gasteiger partial charge is 0.258 e. The van der Waals surface area contributed by atoms with Gasteiger partial charge in [-0.3, -0.25) is 28.8 Å². The second-order valence-electron chi connectivity index (χ2n) is 13.7. The summed E-state index contributed by atoms with van der Waals surface area (Å²) in [5.74, 6) is -4.19. The molecule has 0 spiro atoms. The third-order valence-electron chi connectivity index (χ3n) is 9.26. The van der Waals surface area contributed by atoms with Crippen molar-refractivity contribution in [2.45, 2.75) is 52.6 Å². The highest BCUT2D eigenvalue weighted by molar-refractivity contribution is 6.42. The van der Waals surface area contributed by atoms with Crippen LogP contribution in [0.2, 0.25) is 30.1 Å². The van der Waals surface area contributed by atoms with Gasteiger partial charge in [0.05, 0.1) is 52.6 Å². The highest BCUT2D eigenvalue weighted by Gasteiger charge is 2.28. The first-order valence-electron chi connectivity index (χ1n) is 19.1. The number of rotatable bonds is 16. The summed E-state index contributed by atoms with van der Waals surface area (Å²) in [5.41, 5.74) is 2.17. The van der Waals surface area contributed by atoms with E-state index < -0.39 is 47.3 Å². The molecule has 0 aromatic heterocycles. The minimum absolute atomic E-state index is 0.000380. The number of halogens is 6. The summed E-state index contributed by atoms with van der Waals surface area (Å²) in [5, 5.41) is 27.4. The number of nitrogens with zero attached hydrogens (tertiary/aromatic N) is 4. The number of ketones is 2. The first-order chi connectivity index (χ1) is 30.4. The van der Waals surface area contributed by atoms with Crippen LogP contribution >= 0.6 is 69.6 Å². The third kappa shape index (κ3) is 11.9. The SMILES string of the molecule is CCc1cc(NC(=O)C(N=Nc2cccc(C(=O)Nc3c(Cl)cccc3Cl)c2Cl)C(C)=O)cc(CC)c1NC(=O)C(N=Nc1cccc(C(=O)Nc2c(Cl)cccc2Cl)c1Cl)C(C)=O. The van der Waals surface area contributed by atoms with Crippen LogP contribution < -0.4 is 21.3 Å². The summed E-state index contributed by atoms with van der Waals surface area (Å²) in [7, 11) is 0. The molecule has 0 saturated heterocycles. The Kier molecular flexibility index (Phi) is 17.1. The monoisotopic (exact) mass is 982 g/mol. The van der Waals surface area contributed by atoms with Gasteiger partial charge in [0.2, 0.25) is 12.1 Å². The first-order valence-corrected chi connectivity index (χ1v) is 21.4. The molecular formula is C44H36Cl6N8O6. The zero-order valence-electron chi connectivity index (χ0n) is 34.2. The standard InChI is InChI=1S/C44H36Cl6N8O6/c1-5-23-19-25(51-43(63)36(21(3)59)57-55-32-17-7-11-26(34(32)49)41(61)53-39-28(45)13-9-14-29(39)46)20-24(6-2)38(23)52-44(64)37(22(4)60)58-56-33-18-8-12-27(35(33)50)42(62)54-40-30(47)15-10-16-31(40)48/h7-20,36-37H,5-6H2,1-4H3,(H,51,63)(H,52,64)(H,53,61)(H,54,62). The molecule has 0 fully saturated rings. The lowest BCUT2D eigenvalue weighted by Gasteiger charge is -2.19. The van der Waals surface area contributed by atoms with Crippen LogP contribution in [0.15, 0.2) is 105 Å². The predicted molar refractivity (Wildman–Crippen MR) is 252 cm³/mol. The molecule has 64 heavy (non-hydrogen) atoms. The van der Waals surface area contributed by atoms with Crippen LogP contribution in [0.4, 0.5) is 34.1 Å². The van der Waals surface area contributed by atoms with Gasteiger partial charge in [-0.15, -0.1) is 0 Å². The van der Waals surface area contributed by atoms with E-state index in [9.17, 15) is 28.8 Å². The summed E-state index contributed by atoms with van der Waals surface area (Å²) < 4.78 is 0. The van der Waals surface area contributed by atoms with E-state index in [1.165, 1.54) is 50.2 Å². The summed E-state index contributed by atoms with van der Waals surface area (Å²) >= 11 is 37.8. The summed E-state index contributed by atoms with van der Waals surface area (Å²) in [4.78, 5) is 78.9. The van der Waals surface area contributed by atoms with Gasteiger partial charge in [-0.05, 0) is 98.5 Å². The van der Waals surface area contributed by atoms with Crippen LogP contribution in [-0.2, 0) is 32.0 Å². The van der Waals surface area contributed by atoms with Gasteiger partial charge in [-0.2, -0.15) is 20.5 Å². The molecule has 5 rings (SSSR count). The van der Waals surface area contributed by atoms with E-state index in [2.05, 4.69) is 41.7 Å². The summed E-state index contributed by atoms with van der Waals surface area (Å²) in [6, 6.07) is 18.2. The van der Waals surface area contributed by atoms with Gasteiger partial charge in [0, 0.05) is 11.4 Å². The topological polar surface area (TPSA) is 200 Å². The Morgan fingerprint density at radius 2 is 0.859 bits per heavy atom. The molecule has 0 bridgehead atoms. The second kappa shape index (κ2) is 22.2. The summed E-state index contributed by atoms with van der Waals surface area (Å²) in [6.45, 7) is 5.97. The van der Waals surface area contributed by atoms with Crippen molar-refractivity contribution in [2.24, 2.45) is 20.5 Å². The number of nitrogens with one attached hydrogen (secondary N) is 4. The molecule has 4 N–H and O–H groups in total. The average Bonchev–Trinajstić information content (AvgIpc) is 3.24. The van der Waals surface area contributed by atoms with E-state index in [4.69, 9.17) is 69.6 Å². The van der Waals surface area contributed by atoms with Gasteiger partial charge in [-0.25, -0.2) is 0 Å². The van der Waals surface area contributed by atoms with Gasteiger partial charge < -0.3 is 21.3 Å². The second-order valence-corrected chi connectivity index (χ2v) is 16.1. The van der Waals surface area contributed by atoms with E-state index in [0.717, 1.165) is 0 Å². The normalized spacial score (nSPS) is 12.2. The van der Waals surface area contributed by atoms with Crippen molar-refractivity contribution in [3.63, 3.8) is 0 Å². The number of para-hydroxylation sites is 2. The fraction of sp³-hybridized carbons (Fsp3) is 0.182. The van der Waals surface area contributed by atoms with Gasteiger partial charge in [0.1, 0.15) is 11.4 Å². The van der Waals surface area contributed by atoms with Crippen molar-refractivity contribution in [3.8, 4) is 0 Å². The molecular weight excluding hydrogens is 949 g/mol. The van der Waals surface area contributed by atoms with Crippen LogP contribution in [0.3, 0.4) is 0 Å². The fourth-order valence-electron chi connectivity index (χ4n) is 5.98. The predicted octanol–water partition coefficient (Wildman–Crippen LogP) is 12.6. The Morgan fingerprint density at radius 3 is 1.22 bits per heavy atom. The molecule has 14 nitrogen and oxygen atoms in total. The molecule has 20 heteroatoms. The molecule has 5 aromatic rings. The van der Waals surface area contributed by atoms with E-state index in [1.54, 1.807) is 48.5 Å². The van der Waals surface area contributed by atoms with E-state index in [1.807, 2.05) is 13.8 Å². The third-order valence-corrected chi connectivity index (χ3v) is 11.3. The Balaban J connectivity index is 1.32. The van der Waals surface area contributed by atoms with Crippen molar-refractivity contribution in [1.82, 2.24) is 0 Å². The molecule has 330 valence electrons. The molecule has 0 aliphatic rings. The zero-order chi connectivity index (χ0) is 46.8. The molecule has 2 atom stereocenters. The highest BCUT2D eigenvalue weighted by Crippen LogP contribution is 2.36. The van der Waals surface area contributed by atoms with Crippen molar-refractivity contribution >= 4 is 139 Å². The minimum atomic E-state index is -1.62. The van der Waals surface area contributed by atoms with Crippen molar-refractivity contribution in [1.29, 1.82) is 0 Å². The van der Waals surface area contributed by atoms with Crippen LogP contribution in [0.5, 0.6) is 0 Å². The quantitative estimate of drug-likeness (QED) is 0.0560. The van der Waals surface area contributed by atoms with Crippen LogP contribution in [0.25, 0.3) is 0 Å². The Bertz CT molecular complexity index is 2680. The average molecular weight is 986 g/mol. The lowest BCUT2D eigenvalue weighted by molar-refractivity contribution is -0.127. The number of hydrogen-bond acceptors (Lipinski definition) is 10. The molecule has 0 saturated carbocycles. The van der Waals surface area contributed by atoms with Gasteiger partial charge in [0.25, 0.3) is 23.6 Å². The number of amides is 4. The molecule has 5 aromatic carbocycles. The Morgan fingerprint density at radius 1 is 0.500 bits per heavy atom. The number of benzene rings is 5. The zero-order valence-corrected chi connectivity index (χ0v) is 38.7. The molecule has 2 unspecified atom stereocenters. The fourth-order valence-corrected chi connectivity index (χ4v) is 7.46. The number of aryl methyl sites for hydroxylation is 2. The summed E-state index contributed by atoms with van der Waals surface area (Å²) in [6.07, 6.45) is 0.729. The van der Waals surface area contributed by atoms with Gasteiger partial charge in [0.15, 0.2) is 11.6 Å². The lowest BCUT2D eigenvalue weighted by atomic mass is 10.0. The Labute approximate surface area is 397 Å². The van der Waals surface area contributed by atoms with Crippen molar-refractivity contribution in [2.75, 3.05) is 21.3 Å².